The highest BCUT2D eigenvalue weighted by Crippen LogP contribution is 2.48. The fourth-order valence-corrected chi connectivity index (χ4v) is 3.83. The van der Waals surface area contributed by atoms with Gasteiger partial charge in [-0.1, -0.05) is 27.2 Å². The summed E-state index contributed by atoms with van der Waals surface area (Å²) in [6.45, 7) is 6.04. The number of hydrogen-bond acceptors (Lipinski definition) is 3. The number of rotatable bonds is 1. The summed E-state index contributed by atoms with van der Waals surface area (Å²) in [5.41, 5.74) is 3.09. The van der Waals surface area contributed by atoms with E-state index in [1.54, 1.807) is 12.1 Å². The first-order valence-corrected chi connectivity index (χ1v) is 7.76. The number of carbonyl (C=O) groups is 1. The molecule has 0 heterocycles. The fourth-order valence-electron chi connectivity index (χ4n) is 3.83. The molecule has 3 nitrogen and oxygen atoms in total. The quantitative estimate of drug-likeness (QED) is 0.803. The third kappa shape index (κ3) is 2.06. The van der Waals surface area contributed by atoms with Gasteiger partial charge in [0.15, 0.2) is 5.76 Å². The maximum atomic E-state index is 12.5. The van der Waals surface area contributed by atoms with E-state index in [0.29, 0.717) is 5.56 Å². The number of ketones is 1. The Bertz CT molecular complexity index is 640. The number of allylic oxidation sites excluding steroid dienone is 2. The molecule has 2 N–H and O–H groups in total. The van der Waals surface area contributed by atoms with E-state index in [1.807, 2.05) is 13.8 Å². The van der Waals surface area contributed by atoms with Crippen LogP contribution in [-0.2, 0) is 0 Å². The Morgan fingerprint density at radius 3 is 2.57 bits per heavy atom. The molecule has 1 fully saturated rings. The van der Waals surface area contributed by atoms with Gasteiger partial charge < -0.3 is 10.2 Å². The number of fused-ring (bicyclic) bond motifs is 3. The van der Waals surface area contributed by atoms with Crippen molar-refractivity contribution in [3.63, 3.8) is 0 Å². The zero-order valence-corrected chi connectivity index (χ0v) is 12.8. The van der Waals surface area contributed by atoms with E-state index in [-0.39, 0.29) is 35.0 Å². The molecule has 1 saturated carbocycles. The highest BCUT2D eigenvalue weighted by molar-refractivity contribution is 6.10. The second-order valence-corrected chi connectivity index (χ2v) is 6.67. The van der Waals surface area contributed by atoms with Crippen LogP contribution in [0.2, 0.25) is 0 Å². The minimum absolute atomic E-state index is 0.0555. The third-order valence-electron chi connectivity index (χ3n) is 4.97. The zero-order valence-electron chi connectivity index (χ0n) is 12.8. The van der Waals surface area contributed by atoms with E-state index in [0.717, 1.165) is 36.0 Å². The molecule has 2 aliphatic carbocycles. The lowest BCUT2D eigenvalue weighted by atomic mass is 9.68. The van der Waals surface area contributed by atoms with Gasteiger partial charge in [0.05, 0.1) is 0 Å². The molecular weight excluding hydrogens is 264 g/mol. The summed E-state index contributed by atoms with van der Waals surface area (Å²) in [6, 6.07) is 3.52. The molecule has 3 heteroatoms. The van der Waals surface area contributed by atoms with Gasteiger partial charge in [0.2, 0.25) is 5.78 Å². The number of Topliss-reactive ketones (excluding diaryl/α,β-unsaturated/α-hetero) is 1. The van der Waals surface area contributed by atoms with Gasteiger partial charge in [-0.15, -0.1) is 0 Å². The van der Waals surface area contributed by atoms with Gasteiger partial charge in [0, 0.05) is 11.5 Å². The van der Waals surface area contributed by atoms with Crippen molar-refractivity contribution in [1.29, 1.82) is 0 Å². The highest BCUT2D eigenvalue weighted by Gasteiger charge is 2.38. The number of aliphatic hydroxyl groups excluding tert-OH is 1. The second kappa shape index (κ2) is 4.90. The average molecular weight is 286 g/mol. The van der Waals surface area contributed by atoms with Crippen LogP contribution >= 0.6 is 0 Å². The lowest BCUT2D eigenvalue weighted by Crippen LogP contribution is -2.27. The number of phenolic OH excluding ortho intramolecular Hbond substituents is 1. The predicted octanol–water partition coefficient (Wildman–Crippen LogP) is 4.43. The molecule has 21 heavy (non-hydrogen) atoms. The van der Waals surface area contributed by atoms with E-state index < -0.39 is 0 Å². The SMILES string of the molecule is CC(C)c1cc2c(cc1O)C1CCC[C@@H](C)C1=C(O)C2=O. The first kappa shape index (κ1) is 14.2. The Kier molecular flexibility index (Phi) is 3.31. The topological polar surface area (TPSA) is 57.5 Å². The van der Waals surface area contributed by atoms with Crippen molar-refractivity contribution in [2.75, 3.05) is 0 Å². The third-order valence-corrected chi connectivity index (χ3v) is 4.97. The first-order chi connectivity index (χ1) is 9.91. The summed E-state index contributed by atoms with van der Waals surface area (Å²) >= 11 is 0. The largest absolute Gasteiger partial charge is 0.508 e. The van der Waals surface area contributed by atoms with Crippen LogP contribution in [0.3, 0.4) is 0 Å². The van der Waals surface area contributed by atoms with Gasteiger partial charge in [-0.2, -0.15) is 0 Å². The molecule has 112 valence electrons. The molecule has 0 saturated heterocycles. The lowest BCUT2D eigenvalue weighted by molar-refractivity contribution is 0.0961. The van der Waals surface area contributed by atoms with Crippen LogP contribution in [0.15, 0.2) is 23.5 Å². The van der Waals surface area contributed by atoms with Crippen LogP contribution in [0.5, 0.6) is 5.75 Å². The normalized spacial score (nSPS) is 25.0. The number of benzene rings is 1. The summed E-state index contributed by atoms with van der Waals surface area (Å²) in [4.78, 5) is 12.5. The predicted molar refractivity (Wildman–Crippen MR) is 81.9 cm³/mol. The van der Waals surface area contributed by atoms with Gasteiger partial charge in [-0.3, -0.25) is 4.79 Å². The number of aliphatic hydroxyl groups is 1. The minimum Gasteiger partial charge on any atom is -0.508 e. The standard InChI is InChI=1S/C18H22O3/c1-9(2)12-7-14-13(8-15(12)19)11-6-4-5-10(3)16(11)18(21)17(14)20/h7-11,19,21H,4-6H2,1-3H3/t10-,11?/m1/s1. The lowest BCUT2D eigenvalue weighted by Gasteiger charge is -2.35. The summed E-state index contributed by atoms with van der Waals surface area (Å²) in [7, 11) is 0. The Morgan fingerprint density at radius 2 is 1.90 bits per heavy atom. The van der Waals surface area contributed by atoms with Crippen molar-refractivity contribution in [1.82, 2.24) is 0 Å². The van der Waals surface area contributed by atoms with Gasteiger partial charge in [-0.05, 0) is 53.5 Å². The minimum atomic E-state index is -0.285. The molecule has 0 radical (unpaired) electrons. The Morgan fingerprint density at radius 1 is 1.19 bits per heavy atom. The molecule has 0 aromatic heterocycles. The van der Waals surface area contributed by atoms with Gasteiger partial charge in [0.1, 0.15) is 5.75 Å². The van der Waals surface area contributed by atoms with Crippen molar-refractivity contribution in [2.45, 2.75) is 51.9 Å². The molecule has 0 spiro atoms. The van der Waals surface area contributed by atoms with Crippen LogP contribution in [-0.4, -0.2) is 16.0 Å². The van der Waals surface area contributed by atoms with Crippen molar-refractivity contribution in [3.8, 4) is 5.75 Å². The van der Waals surface area contributed by atoms with Crippen LogP contribution in [0.25, 0.3) is 0 Å². The molecule has 1 unspecified atom stereocenters. The molecule has 2 aliphatic rings. The van der Waals surface area contributed by atoms with Crippen molar-refractivity contribution in [2.24, 2.45) is 5.92 Å². The first-order valence-electron chi connectivity index (χ1n) is 7.76. The van der Waals surface area contributed by atoms with Gasteiger partial charge in [0.25, 0.3) is 0 Å². The molecular formula is C18H22O3. The summed E-state index contributed by atoms with van der Waals surface area (Å²) < 4.78 is 0. The van der Waals surface area contributed by atoms with E-state index in [1.165, 1.54) is 0 Å². The van der Waals surface area contributed by atoms with Crippen molar-refractivity contribution < 1.29 is 15.0 Å². The number of carbonyl (C=O) groups excluding carboxylic acids is 1. The summed E-state index contributed by atoms with van der Waals surface area (Å²) in [6.07, 6.45) is 3.03. The Labute approximate surface area is 125 Å². The van der Waals surface area contributed by atoms with Crippen LogP contribution in [0, 0.1) is 5.92 Å². The smallest absolute Gasteiger partial charge is 0.227 e. The number of phenols is 1. The molecule has 2 atom stereocenters. The molecule has 1 aromatic carbocycles. The molecule has 0 amide bonds. The molecule has 0 aliphatic heterocycles. The van der Waals surface area contributed by atoms with Crippen molar-refractivity contribution >= 4 is 5.78 Å². The maximum Gasteiger partial charge on any atom is 0.227 e. The molecule has 0 bridgehead atoms. The Balaban J connectivity index is 2.20. The van der Waals surface area contributed by atoms with Crippen molar-refractivity contribution in [3.05, 3.63) is 40.2 Å². The number of aromatic hydroxyl groups is 1. The van der Waals surface area contributed by atoms with Crippen LogP contribution in [0.4, 0.5) is 0 Å². The average Bonchev–Trinajstić information content (AvgIpc) is 2.43. The summed E-state index contributed by atoms with van der Waals surface area (Å²) in [5.74, 6) is 0.366. The van der Waals surface area contributed by atoms with Crippen LogP contribution in [0.1, 0.15) is 73.4 Å². The Hall–Kier alpha value is -1.77. The number of hydrogen-bond donors (Lipinski definition) is 2. The van der Waals surface area contributed by atoms with Crippen LogP contribution < -0.4 is 0 Å². The van der Waals surface area contributed by atoms with E-state index in [2.05, 4.69) is 6.92 Å². The monoisotopic (exact) mass is 286 g/mol. The zero-order chi connectivity index (χ0) is 15.3. The summed E-state index contributed by atoms with van der Waals surface area (Å²) in [5, 5.41) is 20.6. The highest BCUT2D eigenvalue weighted by atomic mass is 16.3. The van der Waals surface area contributed by atoms with Gasteiger partial charge >= 0.3 is 0 Å². The van der Waals surface area contributed by atoms with E-state index in [9.17, 15) is 15.0 Å². The van der Waals surface area contributed by atoms with E-state index in [4.69, 9.17) is 0 Å². The van der Waals surface area contributed by atoms with E-state index >= 15 is 0 Å². The fraction of sp³-hybridized carbons (Fsp3) is 0.500. The molecule has 3 rings (SSSR count). The van der Waals surface area contributed by atoms with Gasteiger partial charge in [-0.25, -0.2) is 0 Å². The second-order valence-electron chi connectivity index (χ2n) is 6.67. The maximum absolute atomic E-state index is 12.5. The molecule has 1 aromatic rings.